The molecule has 1 saturated carbocycles. The summed E-state index contributed by atoms with van der Waals surface area (Å²) in [6.07, 6.45) is 2.87. The highest BCUT2D eigenvalue weighted by molar-refractivity contribution is 5.03. The lowest BCUT2D eigenvalue weighted by atomic mass is 9.99. The maximum Gasteiger partial charge on any atom is 0.0278 e. The quantitative estimate of drug-likeness (QED) is 0.751. The zero-order valence-corrected chi connectivity index (χ0v) is 10.8. The molecule has 1 aliphatic carbocycles. The molecule has 0 bridgehead atoms. The van der Waals surface area contributed by atoms with Gasteiger partial charge in [0, 0.05) is 31.7 Å². The van der Waals surface area contributed by atoms with E-state index in [0.29, 0.717) is 11.0 Å². The van der Waals surface area contributed by atoms with Crippen molar-refractivity contribution >= 4 is 0 Å². The highest BCUT2D eigenvalue weighted by Crippen LogP contribution is 2.47. The van der Waals surface area contributed by atoms with E-state index in [2.05, 4.69) is 37.9 Å². The van der Waals surface area contributed by atoms with E-state index in [-0.39, 0.29) is 0 Å². The van der Waals surface area contributed by atoms with Gasteiger partial charge in [0.15, 0.2) is 0 Å². The first-order valence-electron chi connectivity index (χ1n) is 6.39. The molecule has 2 aliphatic rings. The second kappa shape index (κ2) is 3.74. The Labute approximate surface area is 94.4 Å². The minimum absolute atomic E-state index is 0.330. The topological polar surface area (TPSA) is 15.3 Å². The summed E-state index contributed by atoms with van der Waals surface area (Å²) in [7, 11) is 0. The largest absolute Gasteiger partial charge is 0.314 e. The zero-order valence-electron chi connectivity index (χ0n) is 10.8. The standard InChI is InChI=1S/C13H26N2/c1-11(2)7-15-10-13(5-6-13)9-14-8-12(15,3)4/h11,14H,5-10H2,1-4H3. The Hall–Kier alpha value is -0.0800. The van der Waals surface area contributed by atoms with Crippen molar-refractivity contribution in [2.24, 2.45) is 11.3 Å². The average Bonchev–Trinajstić information content (AvgIpc) is 2.83. The van der Waals surface area contributed by atoms with E-state index in [1.54, 1.807) is 0 Å². The summed E-state index contributed by atoms with van der Waals surface area (Å²) in [4.78, 5) is 2.71. The summed E-state index contributed by atoms with van der Waals surface area (Å²) in [5.74, 6) is 0.776. The molecule has 2 rings (SSSR count). The van der Waals surface area contributed by atoms with Gasteiger partial charge in [-0.3, -0.25) is 4.90 Å². The van der Waals surface area contributed by atoms with E-state index in [0.717, 1.165) is 12.5 Å². The Kier molecular flexibility index (Phi) is 2.85. The third-order valence-electron chi connectivity index (χ3n) is 3.98. The predicted octanol–water partition coefficient (Wildman–Crippen LogP) is 2.11. The predicted molar refractivity (Wildman–Crippen MR) is 65.0 cm³/mol. The van der Waals surface area contributed by atoms with Gasteiger partial charge in [0.1, 0.15) is 0 Å². The van der Waals surface area contributed by atoms with Gasteiger partial charge in [0.2, 0.25) is 0 Å². The maximum atomic E-state index is 3.65. The highest BCUT2D eigenvalue weighted by Gasteiger charge is 2.47. The van der Waals surface area contributed by atoms with Crippen molar-refractivity contribution in [2.45, 2.75) is 46.1 Å². The molecule has 0 aromatic carbocycles. The molecule has 0 unspecified atom stereocenters. The van der Waals surface area contributed by atoms with E-state index in [1.165, 1.54) is 32.5 Å². The fourth-order valence-corrected chi connectivity index (χ4v) is 2.68. The van der Waals surface area contributed by atoms with Crippen LogP contribution in [0.3, 0.4) is 0 Å². The molecule has 2 nitrogen and oxygen atoms in total. The maximum absolute atomic E-state index is 3.65. The van der Waals surface area contributed by atoms with Crippen LogP contribution in [-0.4, -0.2) is 36.6 Å². The fourth-order valence-electron chi connectivity index (χ4n) is 2.68. The third kappa shape index (κ3) is 2.54. The normalized spacial score (nSPS) is 29.4. The van der Waals surface area contributed by atoms with Gasteiger partial charge in [-0.2, -0.15) is 0 Å². The second-order valence-corrected chi connectivity index (χ2v) is 6.69. The van der Waals surface area contributed by atoms with Crippen molar-refractivity contribution in [1.82, 2.24) is 10.2 Å². The van der Waals surface area contributed by atoms with Gasteiger partial charge in [-0.05, 0) is 38.0 Å². The second-order valence-electron chi connectivity index (χ2n) is 6.69. The average molecular weight is 210 g/mol. The van der Waals surface area contributed by atoms with Crippen molar-refractivity contribution in [3.63, 3.8) is 0 Å². The van der Waals surface area contributed by atoms with Crippen molar-refractivity contribution in [3.05, 3.63) is 0 Å². The van der Waals surface area contributed by atoms with Crippen LogP contribution in [0, 0.1) is 11.3 Å². The molecule has 15 heavy (non-hydrogen) atoms. The SMILES string of the molecule is CC(C)CN1CC2(CC2)CNCC1(C)C. The van der Waals surface area contributed by atoms with Crippen molar-refractivity contribution in [2.75, 3.05) is 26.2 Å². The molecule has 1 N–H and O–H groups in total. The van der Waals surface area contributed by atoms with Crippen LogP contribution in [0.2, 0.25) is 0 Å². The molecule has 2 fully saturated rings. The molecule has 0 aromatic rings. The van der Waals surface area contributed by atoms with Crippen LogP contribution in [0.4, 0.5) is 0 Å². The number of hydrogen-bond donors (Lipinski definition) is 1. The molecule has 0 radical (unpaired) electrons. The van der Waals surface area contributed by atoms with Crippen LogP contribution in [-0.2, 0) is 0 Å². The molecular weight excluding hydrogens is 184 g/mol. The molecule has 0 amide bonds. The van der Waals surface area contributed by atoms with Gasteiger partial charge in [0.05, 0.1) is 0 Å². The zero-order chi connectivity index (χ0) is 11.1. The van der Waals surface area contributed by atoms with Gasteiger partial charge >= 0.3 is 0 Å². The lowest BCUT2D eigenvalue weighted by Crippen LogP contribution is -2.50. The summed E-state index contributed by atoms with van der Waals surface area (Å²) >= 11 is 0. The third-order valence-corrected chi connectivity index (χ3v) is 3.98. The lowest BCUT2D eigenvalue weighted by molar-refractivity contribution is 0.101. The van der Waals surface area contributed by atoms with E-state index in [1.807, 2.05) is 0 Å². The van der Waals surface area contributed by atoms with Crippen LogP contribution in [0.15, 0.2) is 0 Å². The number of nitrogens with one attached hydrogen (secondary N) is 1. The van der Waals surface area contributed by atoms with Crippen molar-refractivity contribution in [1.29, 1.82) is 0 Å². The van der Waals surface area contributed by atoms with E-state index >= 15 is 0 Å². The molecule has 1 saturated heterocycles. The molecule has 88 valence electrons. The molecular formula is C13H26N2. The van der Waals surface area contributed by atoms with Gasteiger partial charge in [0.25, 0.3) is 0 Å². The van der Waals surface area contributed by atoms with Gasteiger partial charge in [-0.25, -0.2) is 0 Å². The number of rotatable bonds is 2. The van der Waals surface area contributed by atoms with E-state index in [4.69, 9.17) is 0 Å². The Balaban J connectivity index is 2.07. The summed E-state index contributed by atoms with van der Waals surface area (Å²) in [5.41, 5.74) is 0.971. The Morgan fingerprint density at radius 1 is 1.20 bits per heavy atom. The first-order chi connectivity index (χ1) is 6.94. The van der Waals surface area contributed by atoms with Crippen LogP contribution >= 0.6 is 0 Å². The molecule has 2 heteroatoms. The molecule has 0 atom stereocenters. The van der Waals surface area contributed by atoms with Crippen LogP contribution in [0.25, 0.3) is 0 Å². The van der Waals surface area contributed by atoms with Gasteiger partial charge < -0.3 is 5.32 Å². The first kappa shape index (κ1) is 11.4. The molecule has 1 spiro atoms. The van der Waals surface area contributed by atoms with Crippen molar-refractivity contribution in [3.8, 4) is 0 Å². The van der Waals surface area contributed by atoms with Gasteiger partial charge in [-0.1, -0.05) is 13.8 Å². The Morgan fingerprint density at radius 2 is 1.87 bits per heavy atom. The van der Waals surface area contributed by atoms with Crippen LogP contribution in [0.1, 0.15) is 40.5 Å². The molecule has 0 aromatic heterocycles. The van der Waals surface area contributed by atoms with Crippen LogP contribution in [0.5, 0.6) is 0 Å². The van der Waals surface area contributed by atoms with Crippen molar-refractivity contribution < 1.29 is 0 Å². The minimum Gasteiger partial charge on any atom is -0.314 e. The monoisotopic (exact) mass is 210 g/mol. The van der Waals surface area contributed by atoms with E-state index in [9.17, 15) is 0 Å². The Bertz CT molecular complexity index is 229. The highest BCUT2D eigenvalue weighted by atomic mass is 15.2. The van der Waals surface area contributed by atoms with Gasteiger partial charge in [-0.15, -0.1) is 0 Å². The minimum atomic E-state index is 0.330. The van der Waals surface area contributed by atoms with E-state index < -0.39 is 0 Å². The fraction of sp³-hybridized carbons (Fsp3) is 1.00. The number of nitrogens with zero attached hydrogens (tertiary/aromatic N) is 1. The number of hydrogen-bond acceptors (Lipinski definition) is 2. The summed E-state index contributed by atoms with van der Waals surface area (Å²) in [6.45, 7) is 14.4. The first-order valence-corrected chi connectivity index (χ1v) is 6.39. The summed E-state index contributed by atoms with van der Waals surface area (Å²) in [5, 5.41) is 3.65. The summed E-state index contributed by atoms with van der Waals surface area (Å²) in [6, 6.07) is 0. The molecule has 1 aliphatic heterocycles. The summed E-state index contributed by atoms with van der Waals surface area (Å²) < 4.78 is 0. The smallest absolute Gasteiger partial charge is 0.0278 e. The Morgan fingerprint density at radius 3 is 2.40 bits per heavy atom. The molecule has 1 heterocycles. The lowest BCUT2D eigenvalue weighted by Gasteiger charge is -2.39. The van der Waals surface area contributed by atoms with Crippen LogP contribution < -0.4 is 5.32 Å².